The van der Waals surface area contributed by atoms with E-state index in [1.54, 1.807) is 0 Å². The molecule has 19 heavy (non-hydrogen) atoms. The molecule has 2 rings (SSSR count). The first-order valence-corrected chi connectivity index (χ1v) is 7.62. The fraction of sp³-hybridized carbons (Fsp3) is 0.647. The Kier molecular flexibility index (Phi) is 5.00. The molecule has 1 heterocycles. The van der Waals surface area contributed by atoms with Crippen LogP contribution in [0.2, 0.25) is 0 Å². The quantitative estimate of drug-likeness (QED) is 0.875. The van der Waals surface area contributed by atoms with Crippen molar-refractivity contribution in [2.45, 2.75) is 33.2 Å². The summed E-state index contributed by atoms with van der Waals surface area (Å²) < 4.78 is 0. The highest BCUT2D eigenvalue weighted by Gasteiger charge is 2.27. The van der Waals surface area contributed by atoms with Crippen molar-refractivity contribution in [3.8, 4) is 0 Å². The van der Waals surface area contributed by atoms with Crippen LogP contribution in [-0.4, -0.2) is 31.6 Å². The van der Waals surface area contributed by atoms with Gasteiger partial charge >= 0.3 is 0 Å². The lowest BCUT2D eigenvalue weighted by Crippen LogP contribution is -2.32. The number of likely N-dealkylation sites (N-methyl/N-ethyl adjacent to an activating group) is 1. The number of nitrogens with zero attached hydrogens (tertiary/aromatic N) is 1. The SMILES string of the molecule is CCc1ccc(C(CN2CC(C)C(C)C2)NC)cc1. The van der Waals surface area contributed by atoms with E-state index in [1.807, 2.05) is 0 Å². The molecule has 0 spiro atoms. The number of nitrogens with one attached hydrogen (secondary N) is 1. The van der Waals surface area contributed by atoms with Gasteiger partial charge in [0.25, 0.3) is 0 Å². The molecular formula is C17H28N2. The molecule has 3 atom stereocenters. The molecule has 2 heteroatoms. The standard InChI is InChI=1S/C17H28N2/c1-5-15-6-8-16(9-7-15)17(18-4)12-19-10-13(2)14(3)11-19/h6-9,13-14,17-18H,5,10-12H2,1-4H3. The second-order valence-corrected chi connectivity index (χ2v) is 6.11. The molecule has 1 aliphatic rings. The van der Waals surface area contributed by atoms with Crippen LogP contribution in [-0.2, 0) is 6.42 Å². The third kappa shape index (κ3) is 3.58. The van der Waals surface area contributed by atoms with Gasteiger partial charge < -0.3 is 10.2 Å². The van der Waals surface area contributed by atoms with E-state index in [2.05, 4.69) is 62.3 Å². The molecule has 1 aromatic carbocycles. The zero-order chi connectivity index (χ0) is 13.8. The van der Waals surface area contributed by atoms with Gasteiger partial charge in [-0.25, -0.2) is 0 Å². The lowest BCUT2D eigenvalue weighted by Gasteiger charge is -2.24. The third-order valence-electron chi connectivity index (χ3n) is 4.64. The molecule has 0 bridgehead atoms. The smallest absolute Gasteiger partial charge is 0.0446 e. The maximum atomic E-state index is 3.47. The van der Waals surface area contributed by atoms with Crippen LogP contribution in [0.15, 0.2) is 24.3 Å². The van der Waals surface area contributed by atoms with Gasteiger partial charge in [-0.1, -0.05) is 45.0 Å². The monoisotopic (exact) mass is 260 g/mol. The number of likely N-dealkylation sites (tertiary alicyclic amines) is 1. The lowest BCUT2D eigenvalue weighted by atomic mass is 10.0. The molecule has 106 valence electrons. The zero-order valence-electron chi connectivity index (χ0n) is 12.8. The second kappa shape index (κ2) is 6.53. The van der Waals surface area contributed by atoms with Gasteiger partial charge in [0.2, 0.25) is 0 Å². The van der Waals surface area contributed by atoms with Crippen molar-refractivity contribution in [3.63, 3.8) is 0 Å². The van der Waals surface area contributed by atoms with Gasteiger partial charge in [0.1, 0.15) is 0 Å². The van der Waals surface area contributed by atoms with E-state index in [9.17, 15) is 0 Å². The van der Waals surface area contributed by atoms with E-state index in [0.29, 0.717) is 6.04 Å². The van der Waals surface area contributed by atoms with Crippen molar-refractivity contribution in [1.29, 1.82) is 0 Å². The summed E-state index contributed by atoms with van der Waals surface area (Å²) in [6.07, 6.45) is 1.12. The van der Waals surface area contributed by atoms with Crippen molar-refractivity contribution >= 4 is 0 Å². The number of benzene rings is 1. The number of hydrogen-bond acceptors (Lipinski definition) is 2. The average molecular weight is 260 g/mol. The topological polar surface area (TPSA) is 15.3 Å². The third-order valence-corrected chi connectivity index (χ3v) is 4.64. The van der Waals surface area contributed by atoms with Crippen LogP contribution >= 0.6 is 0 Å². The van der Waals surface area contributed by atoms with Crippen LogP contribution in [0, 0.1) is 11.8 Å². The number of rotatable bonds is 5. The predicted molar refractivity (Wildman–Crippen MR) is 82.4 cm³/mol. The van der Waals surface area contributed by atoms with Crippen LogP contribution < -0.4 is 5.32 Å². The summed E-state index contributed by atoms with van der Waals surface area (Å²) in [6, 6.07) is 9.53. The molecule has 2 nitrogen and oxygen atoms in total. The molecule has 1 fully saturated rings. The summed E-state index contributed by atoms with van der Waals surface area (Å²) in [5, 5.41) is 3.47. The molecule has 0 amide bonds. The Morgan fingerprint density at radius 3 is 2.21 bits per heavy atom. The van der Waals surface area contributed by atoms with Gasteiger partial charge in [0.05, 0.1) is 0 Å². The van der Waals surface area contributed by atoms with Gasteiger partial charge in [-0.3, -0.25) is 0 Å². The van der Waals surface area contributed by atoms with Crippen LogP contribution in [0.4, 0.5) is 0 Å². The Bertz CT molecular complexity index is 375. The lowest BCUT2D eigenvalue weighted by molar-refractivity contribution is 0.287. The minimum absolute atomic E-state index is 0.448. The Balaban J connectivity index is 1.99. The Morgan fingerprint density at radius 1 is 1.16 bits per heavy atom. The van der Waals surface area contributed by atoms with Crippen molar-refractivity contribution in [2.75, 3.05) is 26.7 Å². The minimum Gasteiger partial charge on any atom is -0.312 e. The maximum Gasteiger partial charge on any atom is 0.0446 e. The van der Waals surface area contributed by atoms with Crippen LogP contribution in [0.5, 0.6) is 0 Å². The normalized spacial score (nSPS) is 25.7. The van der Waals surface area contributed by atoms with Crippen molar-refractivity contribution in [1.82, 2.24) is 10.2 Å². The summed E-state index contributed by atoms with van der Waals surface area (Å²) in [4.78, 5) is 2.60. The predicted octanol–water partition coefficient (Wildman–Crippen LogP) is 3.10. The van der Waals surface area contributed by atoms with Crippen LogP contribution in [0.25, 0.3) is 0 Å². The molecule has 1 N–H and O–H groups in total. The highest BCUT2D eigenvalue weighted by Crippen LogP contribution is 2.24. The van der Waals surface area contributed by atoms with Crippen molar-refractivity contribution in [2.24, 2.45) is 11.8 Å². The van der Waals surface area contributed by atoms with Gasteiger partial charge in [-0.15, -0.1) is 0 Å². The second-order valence-electron chi connectivity index (χ2n) is 6.11. The fourth-order valence-electron chi connectivity index (χ4n) is 3.01. The summed E-state index contributed by atoms with van der Waals surface area (Å²) >= 11 is 0. The largest absolute Gasteiger partial charge is 0.312 e. The average Bonchev–Trinajstić information content (AvgIpc) is 2.75. The summed E-state index contributed by atoms with van der Waals surface area (Å²) in [7, 11) is 2.07. The fourth-order valence-corrected chi connectivity index (χ4v) is 3.01. The molecule has 1 aliphatic heterocycles. The molecule has 1 saturated heterocycles. The van der Waals surface area contributed by atoms with Gasteiger partial charge in [-0.05, 0) is 36.4 Å². The van der Waals surface area contributed by atoms with E-state index < -0.39 is 0 Å². The minimum atomic E-state index is 0.448. The summed E-state index contributed by atoms with van der Waals surface area (Å²) in [5.41, 5.74) is 2.83. The van der Waals surface area contributed by atoms with E-state index in [0.717, 1.165) is 24.8 Å². The number of hydrogen-bond donors (Lipinski definition) is 1. The van der Waals surface area contributed by atoms with Crippen molar-refractivity contribution in [3.05, 3.63) is 35.4 Å². The Hall–Kier alpha value is -0.860. The van der Waals surface area contributed by atoms with Crippen LogP contribution in [0.1, 0.15) is 37.9 Å². The van der Waals surface area contributed by atoms with Gasteiger partial charge in [-0.2, -0.15) is 0 Å². The molecule has 0 aromatic heterocycles. The summed E-state index contributed by atoms with van der Waals surface area (Å²) in [6.45, 7) is 10.6. The van der Waals surface area contributed by atoms with E-state index in [-0.39, 0.29) is 0 Å². The van der Waals surface area contributed by atoms with Crippen molar-refractivity contribution < 1.29 is 0 Å². The maximum absolute atomic E-state index is 3.47. The first-order chi connectivity index (χ1) is 9.13. The summed E-state index contributed by atoms with van der Waals surface area (Å²) in [5.74, 6) is 1.67. The number of aryl methyl sites for hydroxylation is 1. The first kappa shape index (κ1) is 14.5. The van der Waals surface area contributed by atoms with E-state index in [1.165, 1.54) is 24.2 Å². The molecule has 0 saturated carbocycles. The van der Waals surface area contributed by atoms with Gasteiger partial charge in [0, 0.05) is 25.7 Å². The van der Waals surface area contributed by atoms with Gasteiger partial charge in [0.15, 0.2) is 0 Å². The molecular weight excluding hydrogens is 232 g/mol. The molecule has 1 aromatic rings. The molecule has 0 radical (unpaired) electrons. The molecule has 0 aliphatic carbocycles. The Morgan fingerprint density at radius 2 is 1.74 bits per heavy atom. The highest BCUT2D eigenvalue weighted by molar-refractivity contribution is 5.25. The van der Waals surface area contributed by atoms with E-state index in [4.69, 9.17) is 0 Å². The zero-order valence-corrected chi connectivity index (χ0v) is 12.8. The first-order valence-electron chi connectivity index (χ1n) is 7.62. The highest BCUT2D eigenvalue weighted by atomic mass is 15.2. The Labute approximate surface area is 118 Å². The van der Waals surface area contributed by atoms with Crippen LogP contribution in [0.3, 0.4) is 0 Å². The molecule has 3 unspecified atom stereocenters. The van der Waals surface area contributed by atoms with E-state index >= 15 is 0 Å².